The Hall–Kier alpha value is -2.90. The molecular formula is C18H22N2O6. The third kappa shape index (κ3) is 4.38. The number of carbonyl (C=O) groups is 2. The summed E-state index contributed by atoms with van der Waals surface area (Å²) >= 11 is 0. The molecule has 1 aromatic carbocycles. The van der Waals surface area contributed by atoms with Crippen molar-refractivity contribution in [3.05, 3.63) is 34.8 Å². The van der Waals surface area contributed by atoms with Crippen molar-refractivity contribution in [2.75, 3.05) is 13.2 Å². The molecule has 0 N–H and O–H groups in total. The van der Waals surface area contributed by atoms with E-state index in [1.807, 2.05) is 13.8 Å². The molecule has 0 aliphatic rings. The Kier molecular flexibility index (Phi) is 6.71. The summed E-state index contributed by atoms with van der Waals surface area (Å²) in [6, 6.07) is 4.80. The zero-order chi connectivity index (χ0) is 19.1. The molecule has 1 heterocycles. The minimum atomic E-state index is -0.819. The summed E-state index contributed by atoms with van der Waals surface area (Å²) in [6.45, 7) is 5.57. The summed E-state index contributed by atoms with van der Waals surface area (Å²) in [5.74, 6) is -0.753. The molecule has 0 aliphatic carbocycles. The average Bonchev–Trinajstić information content (AvgIpc) is 2.61. The highest BCUT2D eigenvalue weighted by Crippen LogP contribution is 2.19. The predicted octanol–water partition coefficient (Wildman–Crippen LogP) is 2.29. The zero-order valence-corrected chi connectivity index (χ0v) is 15.1. The molecule has 8 nitrogen and oxygen atoms in total. The Morgan fingerprint density at radius 1 is 1.15 bits per heavy atom. The van der Waals surface area contributed by atoms with Gasteiger partial charge in [0.2, 0.25) is 5.52 Å². The fourth-order valence-electron chi connectivity index (χ4n) is 2.38. The summed E-state index contributed by atoms with van der Waals surface area (Å²) in [5.41, 5.74) is 0.289. The van der Waals surface area contributed by atoms with Gasteiger partial charge in [-0.1, -0.05) is 6.92 Å². The maximum atomic E-state index is 12.8. The first-order chi connectivity index (χ1) is 12.5. The molecular weight excluding hydrogens is 340 g/mol. The van der Waals surface area contributed by atoms with E-state index in [9.17, 15) is 14.8 Å². The van der Waals surface area contributed by atoms with Gasteiger partial charge in [-0.25, -0.2) is 9.78 Å². The Morgan fingerprint density at radius 2 is 1.92 bits per heavy atom. The molecule has 0 radical (unpaired) electrons. The van der Waals surface area contributed by atoms with Crippen LogP contribution in [-0.4, -0.2) is 30.1 Å². The van der Waals surface area contributed by atoms with Gasteiger partial charge < -0.3 is 19.4 Å². The third-order valence-electron chi connectivity index (χ3n) is 3.50. The highest BCUT2D eigenvalue weighted by Gasteiger charge is 2.28. The van der Waals surface area contributed by atoms with E-state index < -0.39 is 11.9 Å². The van der Waals surface area contributed by atoms with Gasteiger partial charge in [-0.05, 0) is 32.4 Å². The van der Waals surface area contributed by atoms with Gasteiger partial charge in [0.1, 0.15) is 17.9 Å². The van der Waals surface area contributed by atoms with Gasteiger partial charge in [-0.15, -0.1) is 0 Å². The highest BCUT2D eigenvalue weighted by molar-refractivity contribution is 5.88. The monoisotopic (exact) mass is 362 g/mol. The van der Waals surface area contributed by atoms with Crippen LogP contribution in [0.5, 0.6) is 5.75 Å². The quantitative estimate of drug-likeness (QED) is 0.403. The molecule has 0 bridgehead atoms. The fourth-order valence-corrected chi connectivity index (χ4v) is 2.38. The van der Waals surface area contributed by atoms with E-state index in [-0.39, 0.29) is 36.5 Å². The summed E-state index contributed by atoms with van der Waals surface area (Å²) in [6.07, 6.45) is 0.883. The van der Waals surface area contributed by atoms with Gasteiger partial charge in [-0.3, -0.25) is 4.79 Å². The van der Waals surface area contributed by atoms with Gasteiger partial charge in [-0.2, -0.15) is 4.73 Å². The Labute approximate surface area is 151 Å². The number of esters is 2. The number of nitrogens with zero attached hydrogens (tertiary/aromatic N) is 2. The smallest absolute Gasteiger partial charge is 0.407 e. The van der Waals surface area contributed by atoms with Crippen molar-refractivity contribution >= 4 is 23.0 Å². The van der Waals surface area contributed by atoms with Crippen LogP contribution < -0.4 is 9.47 Å². The number of carbonyl (C=O) groups excluding carboxylic acids is 2. The van der Waals surface area contributed by atoms with Crippen LogP contribution in [0.3, 0.4) is 0 Å². The van der Waals surface area contributed by atoms with Crippen molar-refractivity contribution in [1.82, 2.24) is 4.98 Å². The van der Waals surface area contributed by atoms with Crippen molar-refractivity contribution < 1.29 is 28.5 Å². The topological polar surface area (TPSA) is 102 Å². The second-order valence-electron chi connectivity index (χ2n) is 5.42. The maximum absolute atomic E-state index is 12.8. The van der Waals surface area contributed by atoms with Crippen LogP contribution in [0.25, 0.3) is 11.0 Å². The molecule has 2 rings (SSSR count). The van der Waals surface area contributed by atoms with Gasteiger partial charge >= 0.3 is 17.6 Å². The molecule has 0 unspecified atom stereocenters. The van der Waals surface area contributed by atoms with Gasteiger partial charge in [0.05, 0.1) is 19.3 Å². The second kappa shape index (κ2) is 8.98. The van der Waals surface area contributed by atoms with E-state index in [4.69, 9.17) is 14.2 Å². The lowest BCUT2D eigenvalue weighted by Crippen LogP contribution is -2.39. The van der Waals surface area contributed by atoms with Crippen LogP contribution in [0.4, 0.5) is 0 Å². The molecule has 140 valence electrons. The lowest BCUT2D eigenvalue weighted by atomic mass is 10.2. The Bertz CT molecular complexity index is 806. The van der Waals surface area contributed by atoms with Crippen LogP contribution in [-0.2, 0) is 20.9 Å². The predicted molar refractivity (Wildman–Crippen MR) is 92.5 cm³/mol. The number of benzene rings is 1. The molecule has 2 aromatic rings. The largest absolute Gasteiger partial charge is 0.618 e. The molecule has 8 heteroatoms. The van der Waals surface area contributed by atoms with Crippen LogP contribution in [0.1, 0.15) is 49.8 Å². The first-order valence-corrected chi connectivity index (χ1v) is 8.53. The molecule has 26 heavy (non-hydrogen) atoms. The van der Waals surface area contributed by atoms with E-state index in [1.54, 1.807) is 19.1 Å². The van der Waals surface area contributed by atoms with E-state index in [1.165, 1.54) is 6.07 Å². The van der Waals surface area contributed by atoms with E-state index in [2.05, 4.69) is 4.98 Å². The summed E-state index contributed by atoms with van der Waals surface area (Å²) in [7, 11) is 0. The number of hydrogen-bond acceptors (Lipinski definition) is 7. The van der Waals surface area contributed by atoms with E-state index >= 15 is 0 Å². The molecule has 0 saturated heterocycles. The van der Waals surface area contributed by atoms with Crippen LogP contribution in [0.15, 0.2) is 18.2 Å². The van der Waals surface area contributed by atoms with Crippen LogP contribution >= 0.6 is 0 Å². The van der Waals surface area contributed by atoms with Crippen molar-refractivity contribution in [3.8, 4) is 5.75 Å². The Balaban J connectivity index is 2.50. The van der Waals surface area contributed by atoms with E-state index in [0.29, 0.717) is 29.0 Å². The van der Waals surface area contributed by atoms with Crippen LogP contribution in [0.2, 0.25) is 0 Å². The fraction of sp³-hybridized carbons (Fsp3) is 0.444. The first-order valence-electron chi connectivity index (χ1n) is 8.53. The summed E-state index contributed by atoms with van der Waals surface area (Å²) < 4.78 is 15.9. The standard InChI is InChI=1S/C18H22N2O6/c1-4-7-16(21)26-11-14-17(18(22)25-6-3)20(23)15-10-12(24-5-2)8-9-13(15)19-14/h8-10H,4-7,11H2,1-3H3. The number of fused-ring (bicyclic) bond motifs is 1. The number of rotatable bonds is 8. The number of aromatic nitrogens is 2. The number of ether oxygens (including phenoxy) is 3. The molecule has 0 saturated carbocycles. The van der Waals surface area contributed by atoms with Crippen molar-refractivity contribution in [2.45, 2.75) is 40.2 Å². The minimum absolute atomic E-state index is 0.0552. The lowest BCUT2D eigenvalue weighted by Gasteiger charge is -2.12. The summed E-state index contributed by atoms with van der Waals surface area (Å²) in [4.78, 5) is 28.2. The average molecular weight is 362 g/mol. The zero-order valence-electron chi connectivity index (χ0n) is 15.1. The molecule has 0 amide bonds. The van der Waals surface area contributed by atoms with Gasteiger partial charge in [0, 0.05) is 6.42 Å². The minimum Gasteiger partial charge on any atom is -0.618 e. The molecule has 0 spiro atoms. The van der Waals surface area contributed by atoms with Crippen molar-refractivity contribution in [3.63, 3.8) is 0 Å². The van der Waals surface area contributed by atoms with E-state index in [0.717, 1.165) is 0 Å². The van der Waals surface area contributed by atoms with Crippen LogP contribution in [0, 0.1) is 5.21 Å². The van der Waals surface area contributed by atoms with Gasteiger partial charge in [0.25, 0.3) is 0 Å². The summed E-state index contributed by atoms with van der Waals surface area (Å²) in [5, 5.41) is 12.8. The third-order valence-corrected chi connectivity index (χ3v) is 3.50. The second-order valence-corrected chi connectivity index (χ2v) is 5.42. The maximum Gasteiger partial charge on any atom is 0.407 e. The molecule has 0 aliphatic heterocycles. The SMILES string of the molecule is CCCC(=O)OCc1nc2ccc(OCC)cc2[n+]([O-])c1C(=O)OCC. The number of hydrogen-bond donors (Lipinski definition) is 0. The van der Waals surface area contributed by atoms with Gasteiger partial charge in [0.15, 0.2) is 5.69 Å². The Morgan fingerprint density at radius 3 is 2.58 bits per heavy atom. The normalized spacial score (nSPS) is 10.6. The first kappa shape index (κ1) is 19.4. The van der Waals surface area contributed by atoms with Crippen molar-refractivity contribution in [2.24, 2.45) is 0 Å². The lowest BCUT2D eigenvalue weighted by molar-refractivity contribution is -0.581. The molecule has 1 aromatic heterocycles. The molecule has 0 fully saturated rings. The van der Waals surface area contributed by atoms with Crippen molar-refractivity contribution in [1.29, 1.82) is 0 Å². The molecule has 0 atom stereocenters. The highest BCUT2D eigenvalue weighted by atomic mass is 16.5.